The highest BCUT2D eigenvalue weighted by Crippen LogP contribution is 2.34. The monoisotopic (exact) mass is 406 g/mol. The van der Waals surface area contributed by atoms with Gasteiger partial charge in [0, 0.05) is 12.2 Å². The summed E-state index contributed by atoms with van der Waals surface area (Å²) in [6.07, 6.45) is -3.08. The average Bonchev–Trinajstić information content (AvgIpc) is 2.80. The van der Waals surface area contributed by atoms with E-state index in [1.54, 1.807) is 20.8 Å². The molecule has 0 spiro atoms. The first-order valence-electron chi connectivity index (χ1n) is 8.05. The van der Waals surface area contributed by atoms with Crippen LogP contribution in [0.5, 0.6) is 0 Å². The average molecular weight is 407 g/mol. The molecule has 12 heteroatoms. The molecule has 0 unspecified atom stereocenters. The molecule has 0 radical (unpaired) electrons. The highest BCUT2D eigenvalue weighted by Gasteiger charge is 2.35. The minimum atomic E-state index is -4.61. The summed E-state index contributed by atoms with van der Waals surface area (Å²) in [6, 6.07) is -0.381. The van der Waals surface area contributed by atoms with Crippen molar-refractivity contribution in [3.05, 3.63) is 38.4 Å². The molecule has 0 saturated carbocycles. The van der Waals surface area contributed by atoms with Crippen LogP contribution in [0, 0.1) is 24.0 Å². The molecule has 0 aliphatic rings. The van der Waals surface area contributed by atoms with Crippen LogP contribution in [0.3, 0.4) is 0 Å². The third-order valence-corrected chi connectivity index (χ3v) is 4.20. The normalized spacial score (nSPS) is 12.9. The SMILES string of the molecule is Cc1nn(CCC[C@H](C)Nc2nc(Cl)ncc2C(F)(F)F)c([N+](=O)[O-])c1C. The third kappa shape index (κ3) is 5.06. The Balaban J connectivity index is 2.02. The maximum absolute atomic E-state index is 13.0. The van der Waals surface area contributed by atoms with Gasteiger partial charge in [0.1, 0.15) is 17.9 Å². The van der Waals surface area contributed by atoms with E-state index in [0.29, 0.717) is 30.3 Å². The van der Waals surface area contributed by atoms with E-state index >= 15 is 0 Å². The molecular formula is C15H18ClF3N6O2. The topological polar surface area (TPSA) is 98.8 Å². The first kappa shape index (κ1) is 20.9. The summed E-state index contributed by atoms with van der Waals surface area (Å²) in [5.74, 6) is -0.471. The maximum atomic E-state index is 13.0. The number of aromatic nitrogens is 4. The van der Waals surface area contributed by atoms with Crippen molar-refractivity contribution < 1.29 is 18.1 Å². The number of nitrogens with one attached hydrogen (secondary N) is 1. The fourth-order valence-electron chi connectivity index (χ4n) is 2.58. The van der Waals surface area contributed by atoms with Gasteiger partial charge in [-0.2, -0.15) is 13.2 Å². The molecule has 0 saturated heterocycles. The number of nitrogens with zero attached hydrogens (tertiary/aromatic N) is 5. The smallest absolute Gasteiger partial charge is 0.367 e. The number of aryl methyl sites for hydroxylation is 2. The van der Waals surface area contributed by atoms with E-state index in [0.717, 1.165) is 0 Å². The number of anilines is 1. The number of hydrogen-bond acceptors (Lipinski definition) is 6. The zero-order chi connectivity index (χ0) is 20.4. The molecule has 2 heterocycles. The lowest BCUT2D eigenvalue weighted by atomic mass is 10.1. The van der Waals surface area contributed by atoms with Gasteiger partial charge >= 0.3 is 12.0 Å². The minimum Gasteiger partial charge on any atom is -0.367 e. The van der Waals surface area contributed by atoms with E-state index < -0.39 is 22.5 Å². The summed E-state index contributed by atoms with van der Waals surface area (Å²) in [5.41, 5.74) is 0.0580. The van der Waals surface area contributed by atoms with E-state index in [1.165, 1.54) is 4.68 Å². The predicted molar refractivity (Wildman–Crippen MR) is 92.7 cm³/mol. The van der Waals surface area contributed by atoms with Crippen LogP contribution < -0.4 is 5.32 Å². The number of nitro groups is 1. The molecule has 27 heavy (non-hydrogen) atoms. The molecule has 2 aromatic rings. The number of rotatable bonds is 7. The second kappa shape index (κ2) is 8.07. The fraction of sp³-hybridized carbons (Fsp3) is 0.533. The van der Waals surface area contributed by atoms with Crippen LogP contribution in [0.25, 0.3) is 0 Å². The van der Waals surface area contributed by atoms with Crippen LogP contribution in [0.1, 0.15) is 36.6 Å². The predicted octanol–water partition coefficient (Wildman–Crippen LogP) is 4.15. The van der Waals surface area contributed by atoms with Gasteiger partial charge in [-0.15, -0.1) is 4.68 Å². The van der Waals surface area contributed by atoms with Crippen LogP contribution in [0.15, 0.2) is 6.20 Å². The largest absolute Gasteiger partial charge is 0.421 e. The molecule has 0 fully saturated rings. The fourth-order valence-corrected chi connectivity index (χ4v) is 2.71. The highest BCUT2D eigenvalue weighted by molar-refractivity contribution is 6.28. The van der Waals surface area contributed by atoms with Crippen LogP contribution in [-0.2, 0) is 12.7 Å². The molecule has 2 aromatic heterocycles. The molecule has 1 N–H and O–H groups in total. The molecule has 0 amide bonds. The van der Waals surface area contributed by atoms with Crippen molar-refractivity contribution in [3.63, 3.8) is 0 Å². The Kier molecular flexibility index (Phi) is 6.24. The molecule has 1 atom stereocenters. The summed E-state index contributed by atoms with van der Waals surface area (Å²) in [7, 11) is 0. The van der Waals surface area contributed by atoms with Gasteiger partial charge in [-0.3, -0.25) is 0 Å². The molecule has 148 valence electrons. The van der Waals surface area contributed by atoms with E-state index in [4.69, 9.17) is 11.6 Å². The third-order valence-electron chi connectivity index (χ3n) is 4.02. The summed E-state index contributed by atoms with van der Waals surface area (Å²) in [4.78, 5) is 17.7. The van der Waals surface area contributed by atoms with Crippen LogP contribution in [-0.4, -0.2) is 30.7 Å². The van der Waals surface area contributed by atoms with E-state index in [2.05, 4.69) is 20.4 Å². The first-order chi connectivity index (χ1) is 12.5. The van der Waals surface area contributed by atoms with Crippen LogP contribution in [0.2, 0.25) is 5.28 Å². The van der Waals surface area contributed by atoms with Gasteiger partial charge in [-0.1, -0.05) is 5.10 Å². The van der Waals surface area contributed by atoms with Gasteiger partial charge in [0.25, 0.3) is 0 Å². The molecular weight excluding hydrogens is 389 g/mol. The Labute approximate surface area is 157 Å². The van der Waals surface area contributed by atoms with Crippen molar-refractivity contribution in [2.24, 2.45) is 0 Å². The van der Waals surface area contributed by atoms with Crippen molar-refractivity contribution in [1.29, 1.82) is 0 Å². The number of halogens is 4. The van der Waals surface area contributed by atoms with Gasteiger partial charge in [0.2, 0.25) is 5.28 Å². The van der Waals surface area contributed by atoms with E-state index in [9.17, 15) is 23.3 Å². The summed E-state index contributed by atoms with van der Waals surface area (Å²) in [6.45, 7) is 5.26. The van der Waals surface area contributed by atoms with Crippen molar-refractivity contribution in [1.82, 2.24) is 19.7 Å². The summed E-state index contributed by atoms with van der Waals surface area (Å²) >= 11 is 5.59. The molecule has 0 bridgehead atoms. The second-order valence-electron chi connectivity index (χ2n) is 6.10. The summed E-state index contributed by atoms with van der Waals surface area (Å²) in [5, 5.41) is 17.7. The lowest BCUT2D eigenvalue weighted by molar-refractivity contribution is -0.393. The Morgan fingerprint density at radius 1 is 1.41 bits per heavy atom. The second-order valence-corrected chi connectivity index (χ2v) is 6.44. The van der Waals surface area contributed by atoms with E-state index in [1.807, 2.05) is 0 Å². The van der Waals surface area contributed by atoms with Gasteiger partial charge in [-0.25, -0.2) is 9.97 Å². The molecule has 2 rings (SSSR count). The Hall–Kier alpha value is -2.43. The molecule has 0 aliphatic carbocycles. The molecule has 8 nitrogen and oxygen atoms in total. The van der Waals surface area contributed by atoms with Crippen molar-refractivity contribution in [3.8, 4) is 0 Å². The Morgan fingerprint density at radius 3 is 2.67 bits per heavy atom. The number of alkyl halides is 3. The number of hydrogen-bond donors (Lipinski definition) is 1. The van der Waals surface area contributed by atoms with E-state index in [-0.39, 0.29) is 23.7 Å². The maximum Gasteiger partial charge on any atom is 0.421 e. The highest BCUT2D eigenvalue weighted by atomic mass is 35.5. The lowest BCUT2D eigenvalue weighted by Gasteiger charge is -2.17. The van der Waals surface area contributed by atoms with Gasteiger partial charge in [-0.05, 0) is 50.1 Å². The standard InChI is InChI=1S/C15H18ClF3N6O2/c1-8(21-12-11(15(17,18)19)7-20-14(16)22-12)5-4-6-24-13(25(26)27)9(2)10(3)23-24/h7-8H,4-6H2,1-3H3,(H,20,21,22)/t8-/m0/s1. The van der Waals surface area contributed by atoms with Gasteiger partial charge in [0.15, 0.2) is 0 Å². The minimum absolute atomic E-state index is 0.0740. The lowest BCUT2D eigenvalue weighted by Crippen LogP contribution is -2.21. The van der Waals surface area contributed by atoms with Crippen molar-refractivity contribution >= 4 is 23.2 Å². The molecule has 0 aliphatic heterocycles. The molecule has 0 aromatic carbocycles. The Morgan fingerprint density at radius 2 is 2.07 bits per heavy atom. The van der Waals surface area contributed by atoms with Gasteiger partial charge in [0.05, 0.1) is 11.3 Å². The zero-order valence-electron chi connectivity index (χ0n) is 14.8. The Bertz CT molecular complexity index is 840. The van der Waals surface area contributed by atoms with Crippen molar-refractivity contribution in [2.75, 3.05) is 5.32 Å². The van der Waals surface area contributed by atoms with Crippen LogP contribution in [0.4, 0.5) is 24.8 Å². The summed E-state index contributed by atoms with van der Waals surface area (Å²) < 4.78 is 40.4. The quantitative estimate of drug-likeness (QED) is 0.421. The van der Waals surface area contributed by atoms with Crippen LogP contribution >= 0.6 is 11.6 Å². The van der Waals surface area contributed by atoms with Gasteiger partial charge < -0.3 is 15.4 Å². The first-order valence-corrected chi connectivity index (χ1v) is 8.43. The van der Waals surface area contributed by atoms with Crippen molar-refractivity contribution in [2.45, 2.75) is 52.4 Å². The zero-order valence-corrected chi connectivity index (χ0v) is 15.6.